The number of carboxylic acids is 3. The van der Waals surface area contributed by atoms with Crippen LogP contribution in [0.15, 0.2) is 0 Å². The fourth-order valence-corrected chi connectivity index (χ4v) is 7.92. The molecule has 7 heteroatoms. The van der Waals surface area contributed by atoms with Gasteiger partial charge in [-0.1, -0.05) is 290 Å². The van der Waals surface area contributed by atoms with E-state index < -0.39 is 17.9 Å². The molecule has 0 heterocycles. The smallest absolute Gasteiger partial charge is 0.550 e. The quantitative estimate of drug-likeness (QED) is 0.0560. The molecule has 61 heavy (non-hydrogen) atoms. The van der Waals surface area contributed by atoms with E-state index in [2.05, 4.69) is 20.8 Å². The van der Waals surface area contributed by atoms with Gasteiger partial charge in [0.1, 0.15) is 0 Å². The van der Waals surface area contributed by atoms with Crippen LogP contribution in [0.4, 0.5) is 0 Å². The summed E-state index contributed by atoms with van der Waals surface area (Å²) in [7, 11) is 0. The van der Waals surface area contributed by atoms with Crippen molar-refractivity contribution in [2.45, 2.75) is 329 Å². The molecule has 367 valence electrons. The van der Waals surface area contributed by atoms with E-state index in [-0.39, 0.29) is 57.4 Å². The first-order chi connectivity index (χ1) is 29.3. The minimum atomic E-state index is -0.903. The van der Waals surface area contributed by atoms with Gasteiger partial charge in [-0.15, -0.1) is 0 Å². The molecule has 0 spiro atoms. The third kappa shape index (κ3) is 77.3. The Morgan fingerprint density at radius 3 is 0.410 bits per heavy atom. The Balaban J connectivity index is -0.000000396. The van der Waals surface area contributed by atoms with Crippen molar-refractivity contribution in [3.05, 3.63) is 0 Å². The van der Waals surface area contributed by atoms with Gasteiger partial charge < -0.3 is 29.7 Å². The molecule has 0 aliphatic rings. The molecule has 0 aromatic rings. The summed E-state index contributed by atoms with van der Waals surface area (Å²) in [6.07, 6.45) is 59.6. The Bertz CT molecular complexity index is 717. The zero-order valence-electron chi connectivity index (χ0n) is 41.2. The maximum absolute atomic E-state index is 10.2. The molecule has 1 radical (unpaired) electrons. The Kier molecular flexibility index (Phi) is 70.6. The minimum Gasteiger partial charge on any atom is -0.550 e. The van der Waals surface area contributed by atoms with Crippen molar-refractivity contribution in [3.8, 4) is 0 Å². The van der Waals surface area contributed by atoms with Crippen LogP contribution in [0, 0.1) is 38.2 Å². The van der Waals surface area contributed by atoms with E-state index >= 15 is 0 Å². The first kappa shape index (κ1) is 67.3. The van der Waals surface area contributed by atoms with Gasteiger partial charge in [0.05, 0.1) is 0 Å². The number of aliphatic carboxylic acids is 3. The molecule has 0 amide bonds. The molecule has 0 saturated carbocycles. The number of unbranched alkanes of at least 4 members (excludes halogenated alkanes) is 42. The fourth-order valence-electron chi connectivity index (χ4n) is 7.92. The van der Waals surface area contributed by atoms with Crippen molar-refractivity contribution in [2.75, 3.05) is 0 Å². The zero-order chi connectivity index (χ0) is 44.7. The molecule has 0 unspecified atom stereocenters. The Morgan fingerprint density at radius 2 is 0.311 bits per heavy atom. The summed E-state index contributed by atoms with van der Waals surface area (Å²) in [6.45, 7) is 6.80. The maximum atomic E-state index is 10.2. The molecule has 0 aliphatic heterocycles. The second-order valence-corrected chi connectivity index (χ2v) is 18.2. The van der Waals surface area contributed by atoms with E-state index in [0.717, 1.165) is 38.5 Å². The average Bonchev–Trinajstić information content (AvgIpc) is 3.22. The molecule has 0 rings (SSSR count). The first-order valence-electron chi connectivity index (χ1n) is 26.9. The van der Waals surface area contributed by atoms with Crippen LogP contribution < -0.4 is 15.3 Å². The monoisotopic (exact) mass is 1010 g/mol. The molecule has 0 bridgehead atoms. The van der Waals surface area contributed by atoms with E-state index in [1.54, 1.807) is 0 Å². The number of carbonyl (C=O) groups is 3. The zero-order valence-corrected chi connectivity index (χ0v) is 43.2. The van der Waals surface area contributed by atoms with Crippen molar-refractivity contribution in [1.29, 1.82) is 0 Å². The van der Waals surface area contributed by atoms with Crippen LogP contribution in [0.1, 0.15) is 329 Å². The van der Waals surface area contributed by atoms with Gasteiger partial charge >= 0.3 is 38.2 Å². The third-order valence-corrected chi connectivity index (χ3v) is 12.0. The Hall–Kier alpha value is -0.317. The molecular formula is C54H105DyO6. The molecule has 0 aliphatic carbocycles. The van der Waals surface area contributed by atoms with Crippen molar-refractivity contribution in [3.63, 3.8) is 0 Å². The summed E-state index contributed by atoms with van der Waals surface area (Å²) in [4.78, 5) is 30.7. The van der Waals surface area contributed by atoms with Gasteiger partial charge in [0, 0.05) is 17.9 Å². The van der Waals surface area contributed by atoms with E-state index in [1.807, 2.05) is 0 Å². The van der Waals surface area contributed by atoms with Crippen molar-refractivity contribution >= 4 is 17.9 Å². The molecule has 0 N–H and O–H groups in total. The summed E-state index contributed by atoms with van der Waals surface area (Å²) in [5.74, 6) is -2.71. The number of carboxylic acid groups (broad SMARTS) is 3. The van der Waals surface area contributed by atoms with Crippen molar-refractivity contribution < 1.29 is 67.9 Å². The Morgan fingerprint density at radius 1 is 0.213 bits per heavy atom. The van der Waals surface area contributed by atoms with Crippen LogP contribution in [0.2, 0.25) is 0 Å². The van der Waals surface area contributed by atoms with Gasteiger partial charge in [0.2, 0.25) is 0 Å². The summed E-state index contributed by atoms with van der Waals surface area (Å²) in [5.41, 5.74) is 0. The standard InChI is InChI=1S/3C18H36O2.Dy/c3*1-2-3-4-5-6-7-8-9-10-11-12-13-14-15-16-17-18(19)20;/h3*2-17H2,1H3,(H,19,20);/q;;;+3/p-3. The van der Waals surface area contributed by atoms with Gasteiger partial charge in [0.25, 0.3) is 0 Å². The van der Waals surface area contributed by atoms with Crippen molar-refractivity contribution in [1.82, 2.24) is 0 Å². The van der Waals surface area contributed by atoms with Gasteiger partial charge in [-0.2, -0.15) is 0 Å². The largest absolute Gasteiger partial charge is 3.00 e. The predicted molar refractivity (Wildman–Crippen MR) is 254 cm³/mol. The van der Waals surface area contributed by atoms with Crippen LogP contribution in [0.25, 0.3) is 0 Å². The average molecular weight is 1010 g/mol. The second-order valence-electron chi connectivity index (χ2n) is 18.2. The van der Waals surface area contributed by atoms with E-state index in [4.69, 9.17) is 0 Å². The first-order valence-corrected chi connectivity index (χ1v) is 26.9. The number of carbonyl (C=O) groups excluding carboxylic acids is 3. The minimum absolute atomic E-state index is 0. The molecule has 0 fully saturated rings. The fraction of sp³-hybridized carbons (Fsp3) is 0.944. The van der Waals surface area contributed by atoms with Gasteiger partial charge in [-0.05, 0) is 38.5 Å². The van der Waals surface area contributed by atoms with Crippen LogP contribution in [-0.2, 0) is 14.4 Å². The van der Waals surface area contributed by atoms with Gasteiger partial charge in [-0.25, -0.2) is 0 Å². The van der Waals surface area contributed by atoms with Crippen molar-refractivity contribution in [2.24, 2.45) is 0 Å². The Labute approximate surface area is 411 Å². The second kappa shape index (κ2) is 64.0. The maximum Gasteiger partial charge on any atom is 3.00 e. The molecular weight excluding hydrogens is 907 g/mol. The molecule has 0 saturated heterocycles. The van der Waals surface area contributed by atoms with Crippen LogP contribution in [0.5, 0.6) is 0 Å². The number of hydrogen-bond donors (Lipinski definition) is 0. The number of rotatable bonds is 48. The van der Waals surface area contributed by atoms with Gasteiger partial charge in [-0.3, -0.25) is 0 Å². The van der Waals surface area contributed by atoms with E-state index in [0.29, 0.717) is 0 Å². The normalized spacial score (nSPS) is 10.7. The van der Waals surface area contributed by atoms with Crippen LogP contribution >= 0.6 is 0 Å². The summed E-state index contributed by atoms with van der Waals surface area (Å²) < 4.78 is 0. The van der Waals surface area contributed by atoms with Crippen LogP contribution in [-0.4, -0.2) is 17.9 Å². The summed E-state index contributed by atoms with van der Waals surface area (Å²) in [6, 6.07) is 0. The number of hydrogen-bond acceptors (Lipinski definition) is 6. The third-order valence-electron chi connectivity index (χ3n) is 12.0. The van der Waals surface area contributed by atoms with E-state index in [1.165, 1.54) is 250 Å². The summed E-state index contributed by atoms with van der Waals surface area (Å²) in [5, 5.41) is 30.7. The summed E-state index contributed by atoms with van der Waals surface area (Å²) >= 11 is 0. The molecule has 0 aromatic heterocycles. The molecule has 0 aromatic carbocycles. The van der Waals surface area contributed by atoms with Gasteiger partial charge in [0.15, 0.2) is 0 Å². The topological polar surface area (TPSA) is 120 Å². The SMILES string of the molecule is CCCCCCCCCCCCCCCCCC(=O)[O-].CCCCCCCCCCCCCCCCCC(=O)[O-].CCCCCCCCCCCCCCCCCC(=O)[O-].[Dy+3]. The predicted octanol–water partition coefficient (Wildman–Crippen LogP) is 15.0. The van der Waals surface area contributed by atoms with E-state index in [9.17, 15) is 29.7 Å². The molecule has 6 nitrogen and oxygen atoms in total. The van der Waals surface area contributed by atoms with Crippen LogP contribution in [0.3, 0.4) is 0 Å². The molecule has 0 atom stereocenters.